The molecular weight excluding hydrogens is 200 g/mol. The molecule has 0 N–H and O–H groups in total. The number of allylic oxidation sites excluding steroid dienone is 2. The van der Waals surface area contributed by atoms with Crippen molar-refractivity contribution < 1.29 is 4.43 Å². The van der Waals surface area contributed by atoms with Crippen molar-refractivity contribution in [3.63, 3.8) is 0 Å². The Bertz CT molecular complexity index is 252. The minimum Gasteiger partial charge on any atom is -0.548 e. The van der Waals surface area contributed by atoms with Crippen molar-refractivity contribution in [2.45, 2.75) is 58.2 Å². The molecule has 0 bridgehead atoms. The Labute approximate surface area is 95.0 Å². The minimum absolute atomic E-state index is 0.846. The molecule has 0 aromatic carbocycles. The largest absolute Gasteiger partial charge is 0.548 e. The first-order chi connectivity index (χ1) is 7.04. The molecule has 0 saturated heterocycles. The molecule has 2 rings (SSSR count). The molecule has 86 valence electrons. The summed E-state index contributed by atoms with van der Waals surface area (Å²) in [5.74, 6) is 3.14. The van der Waals surface area contributed by atoms with E-state index in [9.17, 15) is 0 Å². The molecule has 2 unspecified atom stereocenters. The van der Waals surface area contributed by atoms with E-state index in [1.165, 1.54) is 44.3 Å². The minimum atomic E-state index is -1.37. The maximum absolute atomic E-state index is 6.13. The molecule has 1 saturated carbocycles. The highest BCUT2D eigenvalue weighted by atomic mass is 28.4. The van der Waals surface area contributed by atoms with Gasteiger partial charge in [-0.1, -0.05) is 12.8 Å². The van der Waals surface area contributed by atoms with E-state index in [1.807, 2.05) is 0 Å². The highest BCUT2D eigenvalue weighted by Crippen LogP contribution is 2.39. The summed E-state index contributed by atoms with van der Waals surface area (Å²) in [5.41, 5.74) is 0. The third-order valence-electron chi connectivity index (χ3n) is 3.57. The lowest BCUT2D eigenvalue weighted by Gasteiger charge is -2.35. The fraction of sp³-hybridized carbons (Fsp3) is 0.846. The van der Waals surface area contributed by atoms with Crippen LogP contribution >= 0.6 is 0 Å². The lowest BCUT2D eigenvalue weighted by Crippen LogP contribution is -2.28. The normalized spacial score (nSPS) is 31.8. The van der Waals surface area contributed by atoms with E-state index in [1.54, 1.807) is 0 Å². The molecule has 0 heterocycles. The van der Waals surface area contributed by atoms with E-state index < -0.39 is 8.32 Å². The summed E-state index contributed by atoms with van der Waals surface area (Å²) in [5, 5.41) is 0. The van der Waals surface area contributed by atoms with Gasteiger partial charge in [0.05, 0.1) is 5.76 Å². The first-order valence-corrected chi connectivity index (χ1v) is 9.85. The Morgan fingerprint density at radius 1 is 1.13 bits per heavy atom. The van der Waals surface area contributed by atoms with Crippen molar-refractivity contribution >= 4 is 8.32 Å². The van der Waals surface area contributed by atoms with Gasteiger partial charge in [0.25, 0.3) is 0 Å². The second-order valence-electron chi connectivity index (χ2n) is 6.09. The SMILES string of the molecule is C[Si](C)(C)OC1=CC2CCCCC2CC1. The van der Waals surface area contributed by atoms with Gasteiger partial charge in [0.1, 0.15) is 0 Å². The van der Waals surface area contributed by atoms with Crippen molar-refractivity contribution in [2.24, 2.45) is 11.8 Å². The molecule has 0 aromatic rings. The first-order valence-electron chi connectivity index (χ1n) is 6.44. The van der Waals surface area contributed by atoms with Crippen LogP contribution < -0.4 is 0 Å². The molecule has 0 aliphatic heterocycles. The summed E-state index contributed by atoms with van der Waals surface area (Å²) in [6, 6.07) is 0. The summed E-state index contributed by atoms with van der Waals surface area (Å²) in [4.78, 5) is 0. The predicted molar refractivity (Wildman–Crippen MR) is 67.2 cm³/mol. The topological polar surface area (TPSA) is 9.23 Å². The third kappa shape index (κ3) is 3.10. The number of rotatable bonds is 2. The smallest absolute Gasteiger partial charge is 0.241 e. The number of hydrogen-bond donors (Lipinski definition) is 0. The van der Waals surface area contributed by atoms with Crippen molar-refractivity contribution in [1.82, 2.24) is 0 Å². The van der Waals surface area contributed by atoms with Gasteiger partial charge in [-0.15, -0.1) is 0 Å². The predicted octanol–water partition coefficient (Wildman–Crippen LogP) is 4.32. The van der Waals surface area contributed by atoms with Crippen LogP contribution in [-0.2, 0) is 4.43 Å². The Morgan fingerprint density at radius 2 is 1.87 bits per heavy atom. The Morgan fingerprint density at radius 3 is 2.60 bits per heavy atom. The molecule has 0 amide bonds. The zero-order valence-electron chi connectivity index (χ0n) is 10.4. The van der Waals surface area contributed by atoms with Crippen molar-refractivity contribution in [1.29, 1.82) is 0 Å². The molecule has 0 spiro atoms. The zero-order valence-corrected chi connectivity index (χ0v) is 11.4. The molecule has 0 aromatic heterocycles. The van der Waals surface area contributed by atoms with Crippen LogP contribution in [0, 0.1) is 11.8 Å². The van der Waals surface area contributed by atoms with E-state index >= 15 is 0 Å². The van der Waals surface area contributed by atoms with Gasteiger partial charge in [0.2, 0.25) is 8.32 Å². The molecule has 1 nitrogen and oxygen atoms in total. The Hall–Kier alpha value is -0.243. The Kier molecular flexibility index (Phi) is 3.24. The van der Waals surface area contributed by atoms with Crippen LogP contribution in [-0.4, -0.2) is 8.32 Å². The third-order valence-corrected chi connectivity index (χ3v) is 4.44. The lowest BCUT2D eigenvalue weighted by molar-refractivity contribution is 0.228. The molecule has 2 aliphatic carbocycles. The lowest BCUT2D eigenvalue weighted by atomic mass is 9.74. The highest BCUT2D eigenvalue weighted by Gasteiger charge is 2.29. The van der Waals surface area contributed by atoms with Crippen molar-refractivity contribution in [2.75, 3.05) is 0 Å². The zero-order chi connectivity index (χ0) is 10.9. The van der Waals surface area contributed by atoms with Crippen molar-refractivity contribution in [3.05, 3.63) is 11.8 Å². The fourth-order valence-corrected chi connectivity index (χ4v) is 3.90. The average Bonchev–Trinajstić information content (AvgIpc) is 2.15. The van der Waals surface area contributed by atoms with Crippen LogP contribution in [0.2, 0.25) is 19.6 Å². The molecular formula is C13H24OSi. The standard InChI is InChI=1S/C13H24OSi/c1-15(2,3)14-13-9-8-11-6-4-5-7-12(11)10-13/h10-12H,4-9H2,1-3H3. The van der Waals surface area contributed by atoms with Crippen molar-refractivity contribution in [3.8, 4) is 0 Å². The molecule has 2 aliphatic rings. The van der Waals surface area contributed by atoms with Gasteiger partial charge < -0.3 is 4.43 Å². The highest BCUT2D eigenvalue weighted by molar-refractivity contribution is 6.70. The fourth-order valence-electron chi connectivity index (χ4n) is 2.94. The second-order valence-corrected chi connectivity index (χ2v) is 10.5. The summed E-state index contributed by atoms with van der Waals surface area (Å²) in [6.45, 7) is 6.84. The maximum Gasteiger partial charge on any atom is 0.241 e. The summed E-state index contributed by atoms with van der Waals surface area (Å²) in [7, 11) is -1.37. The molecule has 2 atom stereocenters. The van der Waals surface area contributed by atoms with Gasteiger partial charge >= 0.3 is 0 Å². The summed E-state index contributed by atoms with van der Waals surface area (Å²) in [6.07, 6.45) is 10.8. The van der Waals surface area contributed by atoms with Gasteiger partial charge in [0.15, 0.2) is 0 Å². The molecule has 15 heavy (non-hydrogen) atoms. The average molecular weight is 224 g/mol. The van der Waals surface area contributed by atoms with E-state index in [0.717, 1.165) is 11.8 Å². The van der Waals surface area contributed by atoms with E-state index in [2.05, 4.69) is 25.7 Å². The van der Waals surface area contributed by atoms with E-state index in [-0.39, 0.29) is 0 Å². The van der Waals surface area contributed by atoms with Gasteiger partial charge in [0, 0.05) is 6.42 Å². The van der Waals surface area contributed by atoms with E-state index in [4.69, 9.17) is 4.43 Å². The van der Waals surface area contributed by atoms with E-state index in [0.29, 0.717) is 0 Å². The molecule has 1 fully saturated rings. The van der Waals surface area contributed by atoms with Gasteiger partial charge in [-0.2, -0.15) is 0 Å². The van der Waals surface area contributed by atoms with Gasteiger partial charge in [-0.05, 0) is 56.8 Å². The first kappa shape index (κ1) is 11.2. The van der Waals surface area contributed by atoms with Gasteiger partial charge in [-0.25, -0.2) is 0 Å². The van der Waals surface area contributed by atoms with Crippen LogP contribution in [0.5, 0.6) is 0 Å². The molecule has 0 radical (unpaired) electrons. The number of hydrogen-bond acceptors (Lipinski definition) is 1. The number of fused-ring (bicyclic) bond motifs is 1. The molecule has 2 heteroatoms. The monoisotopic (exact) mass is 224 g/mol. The van der Waals surface area contributed by atoms with Crippen LogP contribution in [0.4, 0.5) is 0 Å². The van der Waals surface area contributed by atoms with Gasteiger partial charge in [-0.3, -0.25) is 0 Å². The quantitative estimate of drug-likeness (QED) is 0.635. The second kappa shape index (κ2) is 4.32. The van der Waals surface area contributed by atoms with Crippen LogP contribution in [0.15, 0.2) is 11.8 Å². The van der Waals surface area contributed by atoms with Crippen LogP contribution in [0.1, 0.15) is 38.5 Å². The summed E-state index contributed by atoms with van der Waals surface area (Å²) >= 11 is 0. The Balaban J connectivity index is 1.99. The summed E-state index contributed by atoms with van der Waals surface area (Å²) < 4.78 is 6.13. The van der Waals surface area contributed by atoms with Crippen LogP contribution in [0.25, 0.3) is 0 Å². The van der Waals surface area contributed by atoms with Crippen LogP contribution in [0.3, 0.4) is 0 Å². The maximum atomic E-state index is 6.13.